The molecule has 4 nitrogen and oxygen atoms in total. The normalized spacial score (nSPS) is 18.9. The number of rotatable bonds is 5. The fourth-order valence-electron chi connectivity index (χ4n) is 3.68. The molecule has 1 aliphatic rings. The summed E-state index contributed by atoms with van der Waals surface area (Å²) in [6.07, 6.45) is 2.40. The van der Waals surface area contributed by atoms with Crippen LogP contribution in [0, 0.1) is 0 Å². The summed E-state index contributed by atoms with van der Waals surface area (Å²) >= 11 is 18.6. The van der Waals surface area contributed by atoms with E-state index in [1.54, 1.807) is 31.4 Å². The fourth-order valence-corrected chi connectivity index (χ4v) is 4.17. The lowest BCUT2D eigenvalue weighted by Gasteiger charge is -2.40. The quantitative estimate of drug-likeness (QED) is 0.665. The van der Waals surface area contributed by atoms with E-state index in [-0.39, 0.29) is 6.04 Å². The van der Waals surface area contributed by atoms with E-state index in [4.69, 9.17) is 39.5 Å². The number of piperidine rings is 1. The fraction of sp³-hybridized carbons (Fsp3) is 0.350. The van der Waals surface area contributed by atoms with Crippen molar-refractivity contribution in [3.8, 4) is 5.75 Å². The Labute approximate surface area is 173 Å². The van der Waals surface area contributed by atoms with Gasteiger partial charge in [-0.1, -0.05) is 47.3 Å². The summed E-state index contributed by atoms with van der Waals surface area (Å²) in [7, 11) is 1.59. The molecule has 27 heavy (non-hydrogen) atoms. The Hall–Kier alpha value is -1.46. The van der Waals surface area contributed by atoms with E-state index in [0.717, 1.165) is 24.0 Å². The van der Waals surface area contributed by atoms with Crippen LogP contribution in [0.25, 0.3) is 0 Å². The Morgan fingerprint density at radius 2 is 1.93 bits per heavy atom. The summed E-state index contributed by atoms with van der Waals surface area (Å²) in [4.78, 5) is 13.9. The molecule has 1 aliphatic heterocycles. The SMILES string of the molecule is COc1ccc(Cl)cc1C(c1ccc(Cl)c(Cl)c1)N1CCCCC1C(=O)O. The predicted molar refractivity (Wildman–Crippen MR) is 108 cm³/mol. The van der Waals surface area contributed by atoms with Crippen LogP contribution in [-0.4, -0.2) is 35.7 Å². The molecule has 0 saturated carbocycles. The number of aliphatic carboxylic acids is 1. The standard InChI is InChI=1S/C20H20Cl3NO3/c1-27-18-8-6-13(21)11-14(18)19(12-5-7-15(22)16(23)10-12)24-9-3-2-4-17(24)20(25)26/h5-8,10-11,17,19H,2-4,9H2,1H3,(H,25,26). The minimum atomic E-state index is -0.833. The van der Waals surface area contributed by atoms with Crippen LogP contribution < -0.4 is 4.74 Å². The van der Waals surface area contributed by atoms with Crippen molar-refractivity contribution in [3.05, 3.63) is 62.6 Å². The lowest BCUT2D eigenvalue weighted by molar-refractivity contribution is -0.145. The van der Waals surface area contributed by atoms with Crippen LogP contribution in [0.5, 0.6) is 5.75 Å². The molecule has 2 unspecified atom stereocenters. The molecular formula is C20H20Cl3NO3. The zero-order valence-electron chi connectivity index (χ0n) is 14.8. The number of benzene rings is 2. The first kappa shape index (κ1) is 20.3. The zero-order chi connectivity index (χ0) is 19.6. The second-order valence-corrected chi connectivity index (χ2v) is 7.80. The molecule has 1 fully saturated rings. The van der Waals surface area contributed by atoms with Crippen LogP contribution in [0.15, 0.2) is 36.4 Å². The van der Waals surface area contributed by atoms with Gasteiger partial charge in [-0.3, -0.25) is 9.69 Å². The smallest absolute Gasteiger partial charge is 0.320 e. The summed E-state index contributed by atoms with van der Waals surface area (Å²) in [5.74, 6) is -0.189. The highest BCUT2D eigenvalue weighted by molar-refractivity contribution is 6.42. The maximum Gasteiger partial charge on any atom is 0.320 e. The third kappa shape index (κ3) is 4.35. The third-order valence-electron chi connectivity index (χ3n) is 4.91. The topological polar surface area (TPSA) is 49.8 Å². The first-order chi connectivity index (χ1) is 12.9. The van der Waals surface area contributed by atoms with Crippen LogP contribution >= 0.6 is 34.8 Å². The first-order valence-electron chi connectivity index (χ1n) is 8.69. The molecule has 2 aromatic carbocycles. The van der Waals surface area contributed by atoms with Crippen LogP contribution in [0.1, 0.15) is 36.4 Å². The van der Waals surface area contributed by atoms with Crippen molar-refractivity contribution in [3.63, 3.8) is 0 Å². The molecule has 1 heterocycles. The molecule has 2 atom stereocenters. The highest BCUT2D eigenvalue weighted by Gasteiger charge is 2.36. The van der Waals surface area contributed by atoms with Crippen molar-refractivity contribution in [2.24, 2.45) is 0 Å². The van der Waals surface area contributed by atoms with Crippen molar-refractivity contribution in [1.82, 2.24) is 4.90 Å². The van der Waals surface area contributed by atoms with Crippen LogP contribution in [0.2, 0.25) is 15.1 Å². The summed E-state index contributed by atoms with van der Waals surface area (Å²) in [5.41, 5.74) is 1.65. The van der Waals surface area contributed by atoms with Gasteiger partial charge in [-0.15, -0.1) is 0 Å². The molecule has 0 radical (unpaired) electrons. The largest absolute Gasteiger partial charge is 0.496 e. The number of hydrogen-bond donors (Lipinski definition) is 1. The van der Waals surface area contributed by atoms with Gasteiger partial charge in [0.1, 0.15) is 11.8 Å². The van der Waals surface area contributed by atoms with E-state index < -0.39 is 12.0 Å². The van der Waals surface area contributed by atoms with Gasteiger partial charge in [-0.25, -0.2) is 0 Å². The van der Waals surface area contributed by atoms with Crippen molar-refractivity contribution < 1.29 is 14.6 Å². The van der Waals surface area contributed by atoms with Gasteiger partial charge >= 0.3 is 5.97 Å². The number of carbonyl (C=O) groups is 1. The number of likely N-dealkylation sites (tertiary alicyclic amines) is 1. The third-order valence-corrected chi connectivity index (χ3v) is 5.88. The number of nitrogens with zero attached hydrogens (tertiary/aromatic N) is 1. The number of methoxy groups -OCH3 is 1. The van der Waals surface area contributed by atoms with E-state index in [9.17, 15) is 9.90 Å². The first-order valence-corrected chi connectivity index (χ1v) is 9.82. The Balaban J connectivity index is 2.18. The second kappa shape index (κ2) is 8.70. The van der Waals surface area contributed by atoms with Gasteiger partial charge < -0.3 is 9.84 Å². The van der Waals surface area contributed by atoms with Gasteiger partial charge in [0.05, 0.1) is 23.2 Å². The zero-order valence-corrected chi connectivity index (χ0v) is 17.1. The van der Waals surface area contributed by atoms with Gasteiger partial charge in [0.2, 0.25) is 0 Å². The lowest BCUT2D eigenvalue weighted by Crippen LogP contribution is -2.46. The summed E-state index contributed by atoms with van der Waals surface area (Å²) in [5, 5.41) is 11.2. The highest BCUT2D eigenvalue weighted by Crippen LogP contribution is 2.41. The number of hydrogen-bond acceptors (Lipinski definition) is 3. The highest BCUT2D eigenvalue weighted by atomic mass is 35.5. The van der Waals surface area contributed by atoms with E-state index in [2.05, 4.69) is 0 Å². The average molecular weight is 429 g/mol. The van der Waals surface area contributed by atoms with E-state index >= 15 is 0 Å². The molecule has 1 N–H and O–H groups in total. The molecule has 0 aliphatic carbocycles. The van der Waals surface area contributed by atoms with E-state index in [1.165, 1.54) is 0 Å². The minimum Gasteiger partial charge on any atom is -0.496 e. The Kier molecular flexibility index (Phi) is 6.53. The molecular weight excluding hydrogens is 409 g/mol. The Morgan fingerprint density at radius 1 is 1.15 bits per heavy atom. The van der Waals surface area contributed by atoms with Crippen molar-refractivity contribution in [1.29, 1.82) is 0 Å². The number of carboxylic acids is 1. The lowest BCUT2D eigenvalue weighted by atomic mass is 9.91. The summed E-state index contributed by atoms with van der Waals surface area (Å²) in [6.45, 7) is 0.650. The molecule has 0 aromatic heterocycles. The number of ether oxygens (including phenoxy) is 1. The second-order valence-electron chi connectivity index (χ2n) is 6.55. The molecule has 7 heteroatoms. The van der Waals surface area contributed by atoms with E-state index in [1.807, 2.05) is 17.0 Å². The van der Waals surface area contributed by atoms with Gasteiger partial charge in [-0.2, -0.15) is 0 Å². The monoisotopic (exact) mass is 427 g/mol. The van der Waals surface area contributed by atoms with Gasteiger partial charge in [0, 0.05) is 10.6 Å². The van der Waals surface area contributed by atoms with E-state index in [0.29, 0.717) is 33.8 Å². The molecule has 0 amide bonds. The average Bonchev–Trinajstić information content (AvgIpc) is 2.65. The maximum absolute atomic E-state index is 11.9. The van der Waals surface area contributed by atoms with Crippen LogP contribution in [0.4, 0.5) is 0 Å². The van der Waals surface area contributed by atoms with Gasteiger partial charge in [-0.05, 0) is 55.3 Å². The number of halogens is 3. The Bertz CT molecular complexity index is 843. The van der Waals surface area contributed by atoms with Crippen molar-refractivity contribution in [2.45, 2.75) is 31.3 Å². The molecule has 144 valence electrons. The molecule has 0 bridgehead atoms. The molecule has 0 spiro atoms. The summed E-state index contributed by atoms with van der Waals surface area (Å²) in [6, 6.07) is 9.78. The maximum atomic E-state index is 11.9. The van der Waals surface area contributed by atoms with Gasteiger partial charge in [0.15, 0.2) is 0 Å². The van der Waals surface area contributed by atoms with Crippen molar-refractivity contribution >= 4 is 40.8 Å². The minimum absolute atomic E-state index is 0.366. The van der Waals surface area contributed by atoms with Crippen LogP contribution in [-0.2, 0) is 4.79 Å². The molecule has 3 rings (SSSR count). The number of carboxylic acid groups (broad SMARTS) is 1. The molecule has 1 saturated heterocycles. The molecule has 2 aromatic rings. The van der Waals surface area contributed by atoms with Crippen LogP contribution in [0.3, 0.4) is 0 Å². The predicted octanol–water partition coefficient (Wildman–Crippen LogP) is 5.68. The summed E-state index contributed by atoms with van der Waals surface area (Å²) < 4.78 is 5.55. The Morgan fingerprint density at radius 3 is 2.59 bits per heavy atom. The van der Waals surface area contributed by atoms with Crippen molar-refractivity contribution in [2.75, 3.05) is 13.7 Å². The van der Waals surface area contributed by atoms with Gasteiger partial charge in [0.25, 0.3) is 0 Å².